The first-order valence-corrected chi connectivity index (χ1v) is 14.3. The van der Waals surface area contributed by atoms with Crippen LogP contribution >= 0.6 is 11.3 Å². The van der Waals surface area contributed by atoms with Gasteiger partial charge in [-0.05, 0) is 68.7 Å². The number of benzene rings is 2. The van der Waals surface area contributed by atoms with Crippen molar-refractivity contribution in [2.45, 2.75) is 33.2 Å². The Morgan fingerprint density at radius 2 is 1.60 bits per heavy atom. The Morgan fingerprint density at radius 1 is 0.850 bits per heavy atom. The molecule has 0 aliphatic heterocycles. The Balaban J connectivity index is 1.82. The molecule has 0 aliphatic carbocycles. The number of hydrogen-bond acceptors (Lipinski definition) is 7. The fraction of sp³-hybridized carbons (Fsp3) is 0.419. The third kappa shape index (κ3) is 8.72. The topological polar surface area (TPSA) is 77.5 Å². The van der Waals surface area contributed by atoms with Gasteiger partial charge in [-0.2, -0.15) is 0 Å². The molecule has 0 saturated heterocycles. The van der Waals surface area contributed by atoms with Crippen LogP contribution in [-0.2, 0) is 22.5 Å². The third-order valence-corrected chi connectivity index (χ3v) is 7.47. The van der Waals surface area contributed by atoms with Crippen LogP contribution in [0.4, 0.5) is 0 Å². The molecule has 0 N–H and O–H groups in total. The van der Waals surface area contributed by atoms with E-state index in [9.17, 15) is 9.59 Å². The van der Waals surface area contributed by atoms with E-state index in [1.54, 1.807) is 48.7 Å². The van der Waals surface area contributed by atoms with Gasteiger partial charge in [0.1, 0.15) is 12.3 Å². The van der Waals surface area contributed by atoms with E-state index in [-0.39, 0.29) is 18.4 Å². The van der Waals surface area contributed by atoms with Crippen molar-refractivity contribution in [1.82, 2.24) is 9.80 Å². The van der Waals surface area contributed by atoms with Gasteiger partial charge in [0.05, 0.1) is 33.4 Å². The van der Waals surface area contributed by atoms with Crippen molar-refractivity contribution in [1.29, 1.82) is 0 Å². The van der Waals surface area contributed by atoms with E-state index in [2.05, 4.69) is 19.1 Å². The minimum Gasteiger partial charge on any atom is -0.496 e. The molecule has 2 aromatic carbocycles. The molecule has 0 bridgehead atoms. The number of para-hydroxylation sites is 1. The fourth-order valence-corrected chi connectivity index (χ4v) is 5.27. The van der Waals surface area contributed by atoms with E-state index >= 15 is 0 Å². The fourth-order valence-electron chi connectivity index (χ4n) is 4.36. The number of rotatable bonds is 16. The summed E-state index contributed by atoms with van der Waals surface area (Å²) >= 11 is 1.67. The van der Waals surface area contributed by atoms with Crippen molar-refractivity contribution in [3.8, 4) is 17.2 Å². The zero-order chi connectivity index (χ0) is 28.9. The Bertz CT molecular complexity index is 1240. The Morgan fingerprint density at radius 3 is 2.27 bits per heavy atom. The number of aryl methyl sites for hydroxylation is 1. The highest BCUT2D eigenvalue weighted by molar-refractivity contribution is 7.11. The standard InChI is InChI=1S/C31H40N2O6S/c1-6-39-19-9-17-33(31(35)26-10-7-8-11-27(26)36-3)22-30(34)32(21-25-14-12-23(2)40-25)18-16-24-13-15-28(37-4)29(20-24)38-5/h7-8,10-15,20H,6,9,16-19,21-22H2,1-5H3. The molecule has 0 unspecified atom stereocenters. The number of amides is 2. The Labute approximate surface area is 241 Å². The normalized spacial score (nSPS) is 10.7. The summed E-state index contributed by atoms with van der Waals surface area (Å²) < 4.78 is 21.7. The maximum atomic E-state index is 13.8. The van der Waals surface area contributed by atoms with Crippen LogP contribution in [0.15, 0.2) is 54.6 Å². The summed E-state index contributed by atoms with van der Waals surface area (Å²) in [5.74, 6) is 1.43. The highest BCUT2D eigenvalue weighted by atomic mass is 32.1. The van der Waals surface area contributed by atoms with Crippen molar-refractivity contribution >= 4 is 23.2 Å². The van der Waals surface area contributed by atoms with Gasteiger partial charge in [-0.1, -0.05) is 18.2 Å². The van der Waals surface area contributed by atoms with E-state index in [0.29, 0.717) is 68.5 Å². The maximum absolute atomic E-state index is 13.8. The average Bonchev–Trinajstić information content (AvgIpc) is 3.40. The summed E-state index contributed by atoms with van der Waals surface area (Å²) in [6, 6.07) is 17.0. The van der Waals surface area contributed by atoms with E-state index < -0.39 is 0 Å². The van der Waals surface area contributed by atoms with Gasteiger partial charge in [-0.3, -0.25) is 9.59 Å². The van der Waals surface area contributed by atoms with Crippen LogP contribution in [0.3, 0.4) is 0 Å². The van der Waals surface area contributed by atoms with Gasteiger partial charge in [0.25, 0.3) is 5.91 Å². The van der Waals surface area contributed by atoms with Gasteiger partial charge >= 0.3 is 0 Å². The number of nitrogens with zero attached hydrogens (tertiary/aromatic N) is 2. The van der Waals surface area contributed by atoms with Gasteiger partial charge in [0, 0.05) is 36.1 Å². The van der Waals surface area contributed by atoms with Crippen LogP contribution in [0.25, 0.3) is 0 Å². The molecule has 0 radical (unpaired) electrons. The van der Waals surface area contributed by atoms with Crippen molar-refractivity contribution in [3.63, 3.8) is 0 Å². The van der Waals surface area contributed by atoms with Crippen LogP contribution in [0.2, 0.25) is 0 Å². The number of hydrogen-bond donors (Lipinski definition) is 0. The largest absolute Gasteiger partial charge is 0.496 e. The summed E-state index contributed by atoms with van der Waals surface area (Å²) in [6.07, 6.45) is 1.25. The number of carbonyl (C=O) groups excluding carboxylic acids is 2. The molecule has 9 heteroatoms. The molecule has 0 aliphatic rings. The third-order valence-electron chi connectivity index (χ3n) is 6.49. The summed E-state index contributed by atoms with van der Waals surface area (Å²) in [7, 11) is 4.75. The molecule has 216 valence electrons. The van der Waals surface area contributed by atoms with Crippen molar-refractivity contribution < 1.29 is 28.5 Å². The highest BCUT2D eigenvalue weighted by Crippen LogP contribution is 2.28. The molecule has 3 rings (SSSR count). The van der Waals surface area contributed by atoms with Crippen LogP contribution in [-0.4, -0.2) is 75.8 Å². The second-order valence-corrected chi connectivity index (χ2v) is 10.6. The summed E-state index contributed by atoms with van der Waals surface area (Å²) in [4.78, 5) is 33.2. The highest BCUT2D eigenvalue weighted by Gasteiger charge is 2.25. The first-order chi connectivity index (χ1) is 19.4. The lowest BCUT2D eigenvalue weighted by molar-refractivity contribution is -0.132. The van der Waals surface area contributed by atoms with Crippen molar-refractivity contribution in [2.24, 2.45) is 0 Å². The molecule has 0 fully saturated rings. The Kier molecular flexibility index (Phi) is 12.3. The van der Waals surface area contributed by atoms with Crippen molar-refractivity contribution in [3.05, 3.63) is 75.5 Å². The summed E-state index contributed by atoms with van der Waals surface area (Å²) in [6.45, 7) is 6.41. The number of methoxy groups -OCH3 is 3. The van der Waals surface area contributed by atoms with E-state index in [4.69, 9.17) is 18.9 Å². The van der Waals surface area contributed by atoms with Crippen LogP contribution in [0, 0.1) is 6.92 Å². The summed E-state index contributed by atoms with van der Waals surface area (Å²) in [5, 5.41) is 0. The van der Waals surface area contributed by atoms with Crippen molar-refractivity contribution in [2.75, 3.05) is 54.2 Å². The molecule has 1 heterocycles. The molecule has 40 heavy (non-hydrogen) atoms. The van der Waals surface area contributed by atoms with E-state index in [1.807, 2.05) is 36.1 Å². The molecule has 8 nitrogen and oxygen atoms in total. The number of ether oxygens (including phenoxy) is 4. The molecule has 0 atom stereocenters. The molecule has 0 spiro atoms. The average molecular weight is 569 g/mol. The first-order valence-electron chi connectivity index (χ1n) is 13.4. The SMILES string of the molecule is CCOCCCN(CC(=O)N(CCc1ccc(OC)c(OC)c1)Cc1ccc(C)s1)C(=O)c1ccccc1OC. The predicted octanol–water partition coefficient (Wildman–Crippen LogP) is 5.22. The zero-order valence-electron chi connectivity index (χ0n) is 24.1. The zero-order valence-corrected chi connectivity index (χ0v) is 24.9. The quantitative estimate of drug-likeness (QED) is 0.221. The van der Waals surface area contributed by atoms with Gasteiger partial charge in [-0.25, -0.2) is 0 Å². The number of carbonyl (C=O) groups is 2. The van der Waals surface area contributed by atoms with Gasteiger partial charge in [0.2, 0.25) is 5.91 Å². The lowest BCUT2D eigenvalue weighted by Gasteiger charge is -2.28. The van der Waals surface area contributed by atoms with Gasteiger partial charge < -0.3 is 28.7 Å². The van der Waals surface area contributed by atoms with E-state index in [1.165, 1.54) is 12.0 Å². The van der Waals surface area contributed by atoms with Gasteiger partial charge in [-0.15, -0.1) is 11.3 Å². The molecular weight excluding hydrogens is 528 g/mol. The molecule has 3 aromatic rings. The minimum atomic E-state index is -0.242. The van der Waals surface area contributed by atoms with Crippen LogP contribution in [0.5, 0.6) is 17.2 Å². The maximum Gasteiger partial charge on any atom is 0.258 e. The Hall–Kier alpha value is -3.56. The van der Waals surface area contributed by atoms with Crippen LogP contribution in [0.1, 0.15) is 39.0 Å². The smallest absolute Gasteiger partial charge is 0.258 e. The lowest BCUT2D eigenvalue weighted by Crippen LogP contribution is -2.44. The van der Waals surface area contributed by atoms with E-state index in [0.717, 1.165) is 10.4 Å². The molecule has 0 saturated carbocycles. The first kappa shape index (κ1) is 31.0. The predicted molar refractivity (Wildman–Crippen MR) is 158 cm³/mol. The second kappa shape index (κ2) is 15.9. The molecular formula is C31H40N2O6S. The molecule has 2 amide bonds. The monoisotopic (exact) mass is 568 g/mol. The van der Waals surface area contributed by atoms with Gasteiger partial charge in [0.15, 0.2) is 11.5 Å². The second-order valence-electron chi connectivity index (χ2n) is 9.24. The summed E-state index contributed by atoms with van der Waals surface area (Å²) in [5.41, 5.74) is 1.46. The lowest BCUT2D eigenvalue weighted by atomic mass is 10.1. The molecule has 1 aromatic heterocycles. The van der Waals surface area contributed by atoms with Crippen LogP contribution < -0.4 is 14.2 Å². The minimum absolute atomic E-state index is 0.0424. The number of thiophene rings is 1.